The van der Waals surface area contributed by atoms with Crippen LogP contribution in [-0.2, 0) is 17.9 Å². The van der Waals surface area contributed by atoms with Gasteiger partial charge in [-0.15, -0.1) is 0 Å². The van der Waals surface area contributed by atoms with Crippen molar-refractivity contribution in [2.24, 2.45) is 5.92 Å². The smallest absolute Gasteiger partial charge is 0.130 e. The summed E-state index contributed by atoms with van der Waals surface area (Å²) in [6.45, 7) is 4.07. The number of rotatable bonds is 7. The van der Waals surface area contributed by atoms with Crippen LogP contribution in [0.5, 0.6) is 5.75 Å². The van der Waals surface area contributed by atoms with E-state index in [1.54, 1.807) is 6.20 Å². The van der Waals surface area contributed by atoms with Crippen LogP contribution in [0.3, 0.4) is 0 Å². The molecule has 2 aromatic rings. The molecule has 2 fully saturated rings. The molecule has 4 rings (SSSR count). The van der Waals surface area contributed by atoms with Crippen LogP contribution in [0.1, 0.15) is 30.5 Å². The zero-order valence-corrected chi connectivity index (χ0v) is 15.8. The third-order valence-electron chi connectivity index (χ3n) is 5.64. The van der Waals surface area contributed by atoms with Crippen LogP contribution in [0.4, 0.5) is 0 Å². The van der Waals surface area contributed by atoms with E-state index in [1.807, 2.05) is 30.3 Å². The number of ether oxygens (including phenoxy) is 2. The molecule has 5 heteroatoms. The maximum Gasteiger partial charge on any atom is 0.130 e. The number of aromatic nitrogens is 1. The van der Waals surface area contributed by atoms with Crippen molar-refractivity contribution in [3.63, 3.8) is 0 Å². The number of pyridine rings is 1. The van der Waals surface area contributed by atoms with Gasteiger partial charge in [0.15, 0.2) is 0 Å². The average molecular weight is 367 g/mol. The molecule has 5 nitrogen and oxygen atoms in total. The van der Waals surface area contributed by atoms with Gasteiger partial charge in [0.2, 0.25) is 0 Å². The number of nitrogens with one attached hydrogen (secondary N) is 2. The van der Waals surface area contributed by atoms with Crippen LogP contribution in [0.25, 0.3) is 0 Å². The first-order valence-corrected chi connectivity index (χ1v) is 10.0. The lowest BCUT2D eigenvalue weighted by atomic mass is 9.94. The molecule has 3 atom stereocenters. The number of benzene rings is 1. The average Bonchev–Trinajstić information content (AvgIpc) is 3.21. The normalized spacial score (nSPS) is 25.4. The van der Waals surface area contributed by atoms with Crippen molar-refractivity contribution < 1.29 is 9.47 Å². The van der Waals surface area contributed by atoms with Gasteiger partial charge in [-0.25, -0.2) is 0 Å². The Bertz CT molecular complexity index is 686. The van der Waals surface area contributed by atoms with Crippen molar-refractivity contribution in [1.29, 1.82) is 0 Å². The first-order chi connectivity index (χ1) is 13.4. The molecule has 0 radical (unpaired) electrons. The third kappa shape index (κ3) is 5.06. The largest absolute Gasteiger partial charge is 0.487 e. The van der Waals surface area contributed by atoms with Crippen LogP contribution < -0.4 is 15.4 Å². The molecular weight excluding hydrogens is 338 g/mol. The Labute approximate surface area is 161 Å². The van der Waals surface area contributed by atoms with Crippen LogP contribution in [0.2, 0.25) is 0 Å². The number of hydrogen-bond acceptors (Lipinski definition) is 5. The van der Waals surface area contributed by atoms with Crippen molar-refractivity contribution in [2.75, 3.05) is 19.8 Å². The summed E-state index contributed by atoms with van der Waals surface area (Å²) in [5.74, 6) is 1.55. The molecule has 1 aromatic heterocycles. The number of morpholine rings is 1. The molecule has 0 spiro atoms. The lowest BCUT2D eigenvalue weighted by molar-refractivity contribution is 0.0524. The maximum atomic E-state index is 5.82. The van der Waals surface area contributed by atoms with E-state index in [2.05, 4.69) is 27.8 Å². The quantitative estimate of drug-likeness (QED) is 0.788. The summed E-state index contributed by atoms with van der Waals surface area (Å²) in [5, 5.41) is 7.41. The first kappa shape index (κ1) is 18.4. The van der Waals surface area contributed by atoms with E-state index >= 15 is 0 Å². The maximum absolute atomic E-state index is 5.82. The first-order valence-electron chi connectivity index (χ1n) is 10.0. The molecule has 0 amide bonds. The molecule has 1 aliphatic carbocycles. The summed E-state index contributed by atoms with van der Waals surface area (Å²) in [4.78, 5) is 4.28. The second-order valence-corrected chi connectivity index (χ2v) is 7.47. The fourth-order valence-electron chi connectivity index (χ4n) is 4.18. The lowest BCUT2D eigenvalue weighted by Gasteiger charge is -2.33. The Morgan fingerprint density at radius 3 is 2.85 bits per heavy atom. The third-order valence-corrected chi connectivity index (χ3v) is 5.64. The highest BCUT2D eigenvalue weighted by Crippen LogP contribution is 2.29. The van der Waals surface area contributed by atoms with Gasteiger partial charge in [0.1, 0.15) is 12.4 Å². The van der Waals surface area contributed by atoms with E-state index in [0.717, 1.165) is 37.7 Å². The summed E-state index contributed by atoms with van der Waals surface area (Å²) < 4.78 is 11.5. The standard InChI is InChI=1S/C22H29N3O2/c1-2-11-23-18(4-1)15-27-19-9-7-17(8-10-19)14-25-21-6-3-5-20(21)22-16-26-13-12-24-22/h1-2,4,7-11,20-22,24-25H,3,5-6,12-16H2. The zero-order chi connectivity index (χ0) is 18.3. The molecule has 2 aliphatic rings. The second-order valence-electron chi connectivity index (χ2n) is 7.47. The highest BCUT2D eigenvalue weighted by Gasteiger charge is 2.34. The molecule has 1 saturated carbocycles. The molecule has 27 heavy (non-hydrogen) atoms. The predicted molar refractivity (Wildman–Crippen MR) is 106 cm³/mol. The fraction of sp³-hybridized carbons (Fsp3) is 0.500. The van der Waals surface area contributed by atoms with E-state index in [0.29, 0.717) is 24.6 Å². The van der Waals surface area contributed by atoms with Gasteiger partial charge in [-0.3, -0.25) is 4.98 Å². The summed E-state index contributed by atoms with van der Waals surface area (Å²) in [5.41, 5.74) is 2.23. The summed E-state index contributed by atoms with van der Waals surface area (Å²) in [7, 11) is 0. The van der Waals surface area contributed by atoms with Gasteiger partial charge in [-0.1, -0.05) is 24.6 Å². The van der Waals surface area contributed by atoms with Gasteiger partial charge >= 0.3 is 0 Å². The second kappa shape index (κ2) is 9.31. The fourth-order valence-corrected chi connectivity index (χ4v) is 4.18. The summed E-state index contributed by atoms with van der Waals surface area (Å²) in [6.07, 6.45) is 5.65. The SMILES string of the molecule is c1ccc(COc2ccc(CNC3CCCC3C3COCCN3)cc2)nc1. The minimum Gasteiger partial charge on any atom is -0.487 e. The summed E-state index contributed by atoms with van der Waals surface area (Å²) >= 11 is 0. The zero-order valence-electron chi connectivity index (χ0n) is 15.8. The minimum absolute atomic E-state index is 0.499. The van der Waals surface area contributed by atoms with E-state index < -0.39 is 0 Å². The number of hydrogen-bond donors (Lipinski definition) is 2. The van der Waals surface area contributed by atoms with E-state index in [-0.39, 0.29) is 0 Å². The Hall–Kier alpha value is -1.95. The summed E-state index contributed by atoms with van der Waals surface area (Å²) in [6, 6.07) is 15.3. The van der Waals surface area contributed by atoms with Crippen LogP contribution >= 0.6 is 0 Å². The molecule has 1 saturated heterocycles. The molecular formula is C22H29N3O2. The molecule has 2 N–H and O–H groups in total. The molecule has 3 unspecified atom stereocenters. The van der Waals surface area contributed by atoms with Gasteiger partial charge in [0.25, 0.3) is 0 Å². The van der Waals surface area contributed by atoms with E-state index in [4.69, 9.17) is 9.47 Å². The van der Waals surface area contributed by atoms with Gasteiger partial charge in [0.05, 0.1) is 18.9 Å². The highest BCUT2D eigenvalue weighted by atomic mass is 16.5. The topological polar surface area (TPSA) is 55.4 Å². The minimum atomic E-state index is 0.499. The highest BCUT2D eigenvalue weighted by molar-refractivity contribution is 5.27. The molecule has 144 valence electrons. The Morgan fingerprint density at radius 1 is 1.15 bits per heavy atom. The van der Waals surface area contributed by atoms with Crippen LogP contribution in [-0.4, -0.2) is 36.8 Å². The van der Waals surface area contributed by atoms with Gasteiger partial charge in [0, 0.05) is 31.4 Å². The van der Waals surface area contributed by atoms with Crippen LogP contribution in [0.15, 0.2) is 48.7 Å². The Balaban J connectivity index is 1.25. The van der Waals surface area contributed by atoms with Crippen molar-refractivity contribution in [3.05, 3.63) is 59.9 Å². The number of nitrogens with zero attached hydrogens (tertiary/aromatic N) is 1. The molecule has 1 aromatic carbocycles. The van der Waals surface area contributed by atoms with Crippen molar-refractivity contribution in [1.82, 2.24) is 15.6 Å². The van der Waals surface area contributed by atoms with Crippen molar-refractivity contribution in [2.45, 2.75) is 44.5 Å². The van der Waals surface area contributed by atoms with E-state index in [9.17, 15) is 0 Å². The molecule has 1 aliphatic heterocycles. The Kier molecular flexibility index (Phi) is 6.35. The van der Waals surface area contributed by atoms with Crippen molar-refractivity contribution >= 4 is 0 Å². The Morgan fingerprint density at radius 2 is 2.07 bits per heavy atom. The van der Waals surface area contributed by atoms with Crippen LogP contribution in [0, 0.1) is 5.92 Å². The van der Waals surface area contributed by atoms with Gasteiger partial charge < -0.3 is 20.1 Å². The predicted octanol–water partition coefficient (Wildman–Crippen LogP) is 2.91. The lowest BCUT2D eigenvalue weighted by Crippen LogP contribution is -2.50. The van der Waals surface area contributed by atoms with E-state index in [1.165, 1.54) is 24.8 Å². The molecule has 2 heterocycles. The van der Waals surface area contributed by atoms with Crippen molar-refractivity contribution in [3.8, 4) is 5.75 Å². The van der Waals surface area contributed by atoms with Gasteiger partial charge in [-0.2, -0.15) is 0 Å². The molecule has 0 bridgehead atoms. The monoisotopic (exact) mass is 367 g/mol. The van der Waals surface area contributed by atoms with Gasteiger partial charge in [-0.05, 0) is 48.6 Å².